The average Bonchev–Trinajstić information content (AvgIpc) is 2.12. The van der Waals surface area contributed by atoms with E-state index in [9.17, 15) is 8.85 Å². The molecule has 0 radical (unpaired) electrons. The normalized spacial score (nSPS) is 11.3. The molecule has 0 aliphatic carbocycles. The summed E-state index contributed by atoms with van der Waals surface area (Å²) in [5, 5.41) is 10.3. The summed E-state index contributed by atoms with van der Waals surface area (Å²) >= 11 is -1.60. The van der Waals surface area contributed by atoms with Crippen molar-refractivity contribution in [2.75, 3.05) is 18.8 Å². The number of aliphatic hydroxyl groups excluding tert-OH is 1. The molecule has 0 spiro atoms. The molecule has 0 aliphatic rings. The molecular formula is C13H31AsNO3S+. The van der Waals surface area contributed by atoms with Crippen molar-refractivity contribution in [3.05, 3.63) is 0 Å². The van der Waals surface area contributed by atoms with Gasteiger partial charge in [-0.1, -0.05) is 34.6 Å². The Morgan fingerprint density at radius 1 is 1.16 bits per heavy atom. The minimum atomic E-state index is -3.12. The summed E-state index contributed by atoms with van der Waals surface area (Å²) in [5.74, 6) is 2.11. The summed E-state index contributed by atoms with van der Waals surface area (Å²) in [6.07, 6.45) is 0. The van der Waals surface area contributed by atoms with Crippen LogP contribution in [0.2, 0.25) is 11.4 Å². The molecule has 0 unspecified atom stereocenters. The van der Waals surface area contributed by atoms with Crippen LogP contribution in [-0.2, 0) is 3.74 Å². The third kappa shape index (κ3) is 20.6. The van der Waals surface area contributed by atoms with Gasteiger partial charge in [0.05, 0.1) is 0 Å². The summed E-state index contributed by atoms with van der Waals surface area (Å²) in [6, 6.07) is 0. The molecule has 0 rings (SSSR count). The summed E-state index contributed by atoms with van der Waals surface area (Å²) < 4.78 is 20.1. The third-order valence-electron chi connectivity index (χ3n) is 1.72. The van der Waals surface area contributed by atoms with E-state index in [1.807, 2.05) is 0 Å². The minimum absolute atomic E-state index is 0.481. The number of rotatable bonds is 5. The van der Waals surface area contributed by atoms with E-state index in [4.69, 9.17) is 4.10 Å². The number of nitrogens with zero attached hydrogens (tertiary/aromatic N) is 1. The molecule has 0 saturated carbocycles. The first kappa shape index (κ1) is 21.4. The van der Waals surface area contributed by atoms with Crippen molar-refractivity contribution in [3.63, 3.8) is 0 Å². The molecule has 19 heavy (non-hydrogen) atoms. The van der Waals surface area contributed by atoms with Crippen LogP contribution < -0.4 is 0 Å². The summed E-state index contributed by atoms with van der Waals surface area (Å²) in [6.45, 7) is 12.7. The molecular weight excluding hydrogens is 325 g/mol. The van der Waals surface area contributed by atoms with Gasteiger partial charge in [0.1, 0.15) is 13.1 Å². The van der Waals surface area contributed by atoms with Crippen LogP contribution in [0.15, 0.2) is 0 Å². The van der Waals surface area contributed by atoms with Gasteiger partial charge in [-0.15, -0.1) is 0 Å². The number of hydrogen-bond donors (Lipinski definition) is 2. The van der Waals surface area contributed by atoms with E-state index < -0.39 is 13.8 Å². The van der Waals surface area contributed by atoms with Gasteiger partial charge in [-0.3, -0.25) is 0 Å². The van der Waals surface area contributed by atoms with Crippen LogP contribution in [0.25, 0.3) is 0 Å². The second-order valence-electron chi connectivity index (χ2n) is 5.70. The van der Waals surface area contributed by atoms with Crippen LogP contribution in [0.4, 0.5) is 0 Å². The van der Waals surface area contributed by atoms with Crippen molar-refractivity contribution in [1.82, 2.24) is 0 Å². The van der Waals surface area contributed by atoms with Gasteiger partial charge in [-0.2, -0.15) is 4.58 Å². The Kier molecular flexibility index (Phi) is 12.3. The van der Waals surface area contributed by atoms with Crippen LogP contribution in [0, 0.1) is 11.8 Å². The third-order valence-corrected chi connectivity index (χ3v) is 2.52. The fourth-order valence-corrected chi connectivity index (χ4v) is 1.92. The maximum absolute atomic E-state index is 9.83. The summed E-state index contributed by atoms with van der Waals surface area (Å²) in [4.78, 5) is 0. The fraction of sp³-hybridized carbons (Fsp3) is 0.923. The number of thioether (sulfide) groups is 1. The zero-order chi connectivity index (χ0) is 15.6. The van der Waals surface area contributed by atoms with Gasteiger partial charge in [0.25, 0.3) is 0 Å². The number of aliphatic hydroxyl groups is 1. The summed E-state index contributed by atoms with van der Waals surface area (Å²) in [7, 11) is 0. The molecule has 4 nitrogen and oxygen atoms in total. The van der Waals surface area contributed by atoms with Gasteiger partial charge in [0.2, 0.25) is 0 Å². The molecule has 0 atom stereocenters. The van der Waals surface area contributed by atoms with E-state index in [1.165, 1.54) is 23.2 Å². The summed E-state index contributed by atoms with van der Waals surface area (Å²) in [5.41, 5.74) is 2.72. The molecule has 0 amide bonds. The van der Waals surface area contributed by atoms with Gasteiger partial charge in [0, 0.05) is 17.6 Å². The molecule has 0 aromatic heterocycles. The standard InChI is InChI=1S/C11H23NOS.C2H7AsO2/c1-6-14-11(13)12(7-9(2)3)8-10(4)5;1-3(2,4)5/h9-10H,6-8H2,1-5H3;1-2H3,(H,4,5)/p+1. The van der Waals surface area contributed by atoms with E-state index in [2.05, 4.69) is 39.2 Å². The zero-order valence-corrected chi connectivity index (χ0v) is 16.1. The molecule has 0 aromatic rings. The first-order valence-electron chi connectivity index (χ1n) is 6.68. The van der Waals surface area contributed by atoms with Gasteiger partial charge < -0.3 is 5.11 Å². The zero-order valence-electron chi connectivity index (χ0n) is 13.4. The van der Waals surface area contributed by atoms with Crippen molar-refractivity contribution in [1.29, 1.82) is 0 Å². The van der Waals surface area contributed by atoms with Gasteiger partial charge >= 0.3 is 38.3 Å². The Balaban J connectivity index is 0. The molecule has 6 heteroatoms. The van der Waals surface area contributed by atoms with E-state index in [0.717, 1.165) is 18.8 Å². The Bertz CT molecular complexity index is 291. The van der Waals surface area contributed by atoms with Gasteiger partial charge in [-0.05, 0) is 11.8 Å². The molecule has 0 bridgehead atoms. The van der Waals surface area contributed by atoms with Gasteiger partial charge in [0.15, 0.2) is 0 Å². The SMILES string of the molecule is CCSC(O)=[N+](CC(C)C)CC(C)C.C[As](C)(=O)O. The average molecular weight is 356 g/mol. The number of hydrogen-bond acceptors (Lipinski definition) is 2. The monoisotopic (exact) mass is 356 g/mol. The van der Waals surface area contributed by atoms with Crippen LogP contribution in [0.1, 0.15) is 34.6 Å². The predicted molar refractivity (Wildman–Crippen MR) is 85.8 cm³/mol. The van der Waals surface area contributed by atoms with Crippen molar-refractivity contribution in [3.8, 4) is 0 Å². The van der Waals surface area contributed by atoms with E-state index in [-0.39, 0.29) is 0 Å². The van der Waals surface area contributed by atoms with Crippen LogP contribution >= 0.6 is 11.8 Å². The van der Waals surface area contributed by atoms with E-state index in [0.29, 0.717) is 17.1 Å². The Morgan fingerprint density at radius 2 is 1.47 bits per heavy atom. The molecule has 116 valence electrons. The Hall–Kier alpha value is 0.138. The molecule has 0 heterocycles. The molecule has 0 saturated heterocycles. The Morgan fingerprint density at radius 3 is 1.68 bits per heavy atom. The Labute approximate surface area is 125 Å². The topological polar surface area (TPSA) is 60.5 Å². The van der Waals surface area contributed by atoms with Gasteiger partial charge in [-0.25, -0.2) is 0 Å². The first-order valence-corrected chi connectivity index (χ1v) is 13.0. The first-order chi connectivity index (χ1) is 8.47. The van der Waals surface area contributed by atoms with E-state index in [1.54, 1.807) is 0 Å². The van der Waals surface area contributed by atoms with Crippen LogP contribution in [0.5, 0.6) is 0 Å². The molecule has 2 N–H and O–H groups in total. The molecule has 0 aliphatic heterocycles. The quantitative estimate of drug-likeness (QED) is 0.344. The maximum atomic E-state index is 9.83. The predicted octanol–water partition coefficient (Wildman–Crippen LogP) is 3.09. The van der Waals surface area contributed by atoms with Crippen molar-refractivity contribution in [2.24, 2.45) is 11.8 Å². The van der Waals surface area contributed by atoms with Crippen molar-refractivity contribution >= 4 is 30.8 Å². The molecule has 0 fully saturated rings. The second kappa shape index (κ2) is 10.9. The van der Waals surface area contributed by atoms with E-state index >= 15 is 0 Å². The van der Waals surface area contributed by atoms with Crippen LogP contribution in [-0.4, -0.2) is 51.7 Å². The van der Waals surface area contributed by atoms with Crippen molar-refractivity contribution in [2.45, 2.75) is 46.0 Å². The van der Waals surface area contributed by atoms with Crippen molar-refractivity contribution < 1.29 is 17.5 Å². The molecule has 0 aromatic carbocycles. The second-order valence-corrected chi connectivity index (χ2v) is 12.4. The fourth-order valence-electron chi connectivity index (χ4n) is 1.33. The van der Waals surface area contributed by atoms with Crippen LogP contribution in [0.3, 0.4) is 0 Å².